The fraction of sp³-hybridized carbons (Fsp3) is 0.300. The third-order valence-corrected chi connectivity index (χ3v) is 4.64. The number of rotatable bonds is 6. The molecule has 2 aliphatic carbocycles. The molecule has 0 radical (unpaired) electrons. The van der Waals surface area contributed by atoms with Gasteiger partial charge in [-0.1, -0.05) is 30.3 Å². The summed E-state index contributed by atoms with van der Waals surface area (Å²) in [4.78, 5) is 25.1. The molecule has 2 aliphatic rings. The van der Waals surface area contributed by atoms with Gasteiger partial charge in [0.2, 0.25) is 11.8 Å². The maximum Gasteiger partial charge on any atom is 0.240 e. The minimum Gasteiger partial charge on any atom is -0.455 e. The van der Waals surface area contributed by atoms with E-state index in [0.717, 1.165) is 12.8 Å². The molecule has 0 bridgehead atoms. The highest BCUT2D eigenvalue weighted by Gasteiger charge is 2.57. The molecule has 0 heterocycles. The van der Waals surface area contributed by atoms with Gasteiger partial charge in [-0.25, -0.2) is 0 Å². The van der Waals surface area contributed by atoms with Crippen molar-refractivity contribution < 1.29 is 14.3 Å². The van der Waals surface area contributed by atoms with Crippen LogP contribution in [0.1, 0.15) is 25.7 Å². The molecule has 5 nitrogen and oxygen atoms in total. The van der Waals surface area contributed by atoms with Crippen molar-refractivity contribution >= 4 is 17.5 Å². The molecular weight excluding hydrogens is 316 g/mol. The molecule has 2 saturated carbocycles. The Morgan fingerprint density at radius 1 is 0.920 bits per heavy atom. The number of anilines is 1. The third-order valence-electron chi connectivity index (χ3n) is 4.64. The van der Waals surface area contributed by atoms with E-state index in [1.807, 2.05) is 42.5 Å². The first kappa shape index (κ1) is 15.7. The highest BCUT2D eigenvalue weighted by Crippen LogP contribution is 2.48. The van der Waals surface area contributed by atoms with Gasteiger partial charge in [-0.05, 0) is 49.9 Å². The fourth-order valence-corrected chi connectivity index (χ4v) is 2.75. The van der Waals surface area contributed by atoms with Gasteiger partial charge in [0, 0.05) is 6.04 Å². The number of para-hydroxylation sites is 3. The van der Waals surface area contributed by atoms with Gasteiger partial charge >= 0.3 is 0 Å². The summed E-state index contributed by atoms with van der Waals surface area (Å²) in [6.07, 6.45) is 3.21. The minimum absolute atomic E-state index is 0.144. The summed E-state index contributed by atoms with van der Waals surface area (Å²) >= 11 is 0. The minimum atomic E-state index is -0.914. The first-order valence-corrected chi connectivity index (χ1v) is 8.62. The largest absolute Gasteiger partial charge is 0.455 e. The molecule has 0 aliphatic heterocycles. The second-order valence-corrected chi connectivity index (χ2v) is 6.70. The van der Waals surface area contributed by atoms with E-state index in [4.69, 9.17) is 4.74 Å². The molecule has 5 heteroatoms. The molecule has 2 fully saturated rings. The van der Waals surface area contributed by atoms with Crippen LogP contribution in [0.3, 0.4) is 0 Å². The van der Waals surface area contributed by atoms with Crippen molar-refractivity contribution in [3.63, 3.8) is 0 Å². The second-order valence-electron chi connectivity index (χ2n) is 6.70. The lowest BCUT2D eigenvalue weighted by atomic mass is 10.0. The van der Waals surface area contributed by atoms with Crippen molar-refractivity contribution in [2.45, 2.75) is 31.7 Å². The maximum absolute atomic E-state index is 12.7. The van der Waals surface area contributed by atoms with Crippen LogP contribution in [-0.4, -0.2) is 17.9 Å². The second kappa shape index (κ2) is 6.24. The van der Waals surface area contributed by atoms with Gasteiger partial charge in [0.05, 0.1) is 5.69 Å². The molecule has 2 aromatic carbocycles. The van der Waals surface area contributed by atoms with Crippen LogP contribution in [0.25, 0.3) is 0 Å². The molecule has 25 heavy (non-hydrogen) atoms. The summed E-state index contributed by atoms with van der Waals surface area (Å²) in [5.41, 5.74) is -0.343. The summed E-state index contributed by atoms with van der Waals surface area (Å²) in [7, 11) is 0. The summed E-state index contributed by atoms with van der Waals surface area (Å²) in [6, 6.07) is 16.9. The Bertz CT molecular complexity index is 796. The van der Waals surface area contributed by atoms with Crippen LogP contribution in [0.5, 0.6) is 11.5 Å². The van der Waals surface area contributed by atoms with Crippen molar-refractivity contribution in [3.8, 4) is 11.5 Å². The van der Waals surface area contributed by atoms with E-state index in [-0.39, 0.29) is 17.9 Å². The van der Waals surface area contributed by atoms with Crippen LogP contribution in [0.15, 0.2) is 54.6 Å². The van der Waals surface area contributed by atoms with E-state index >= 15 is 0 Å². The molecule has 0 aromatic heterocycles. The van der Waals surface area contributed by atoms with E-state index in [0.29, 0.717) is 30.0 Å². The molecule has 0 atom stereocenters. The van der Waals surface area contributed by atoms with Gasteiger partial charge < -0.3 is 15.4 Å². The summed E-state index contributed by atoms with van der Waals surface area (Å²) in [5, 5.41) is 5.83. The number of carbonyl (C=O) groups is 2. The molecule has 4 rings (SSSR count). The SMILES string of the molecule is O=C(Nc1ccccc1Oc1ccccc1)C1(C(=O)NC2CC2)CC1. The fourth-order valence-electron chi connectivity index (χ4n) is 2.75. The van der Waals surface area contributed by atoms with Gasteiger partial charge in [0.15, 0.2) is 5.75 Å². The zero-order valence-corrected chi connectivity index (χ0v) is 13.8. The van der Waals surface area contributed by atoms with Crippen molar-refractivity contribution in [1.29, 1.82) is 0 Å². The molecule has 128 valence electrons. The monoisotopic (exact) mass is 336 g/mol. The number of ether oxygens (including phenoxy) is 1. The standard InChI is InChI=1S/C20H20N2O3/c23-18(21-14-10-11-14)20(12-13-20)19(24)22-16-8-4-5-9-17(16)25-15-6-2-1-3-7-15/h1-9,14H,10-13H2,(H,21,23)(H,22,24). The summed E-state index contributed by atoms with van der Waals surface area (Å²) in [6.45, 7) is 0. The van der Waals surface area contributed by atoms with Crippen molar-refractivity contribution in [2.75, 3.05) is 5.32 Å². The molecule has 0 spiro atoms. The smallest absolute Gasteiger partial charge is 0.240 e. The Morgan fingerprint density at radius 3 is 2.28 bits per heavy atom. The topological polar surface area (TPSA) is 67.4 Å². The van der Waals surface area contributed by atoms with Gasteiger partial charge in [0.1, 0.15) is 11.2 Å². The number of nitrogens with one attached hydrogen (secondary N) is 2. The number of benzene rings is 2. The Labute approximate surface area is 146 Å². The van der Waals surface area contributed by atoms with Crippen molar-refractivity contribution in [2.24, 2.45) is 5.41 Å². The van der Waals surface area contributed by atoms with Crippen LogP contribution >= 0.6 is 0 Å². The average Bonchev–Trinajstić information content (AvgIpc) is 3.52. The van der Waals surface area contributed by atoms with Gasteiger partial charge in [-0.2, -0.15) is 0 Å². The van der Waals surface area contributed by atoms with Crippen LogP contribution in [0.4, 0.5) is 5.69 Å². The van der Waals surface area contributed by atoms with Gasteiger partial charge in [-0.3, -0.25) is 9.59 Å². The zero-order valence-electron chi connectivity index (χ0n) is 13.8. The Kier molecular flexibility index (Phi) is 3.92. The molecule has 2 amide bonds. The van der Waals surface area contributed by atoms with Crippen LogP contribution in [0.2, 0.25) is 0 Å². The first-order chi connectivity index (χ1) is 12.2. The van der Waals surface area contributed by atoms with Gasteiger partial charge in [0.25, 0.3) is 0 Å². The predicted molar refractivity (Wildman–Crippen MR) is 94.4 cm³/mol. The highest BCUT2D eigenvalue weighted by atomic mass is 16.5. The molecule has 0 unspecified atom stereocenters. The Balaban J connectivity index is 1.49. The normalized spacial score (nSPS) is 17.4. The van der Waals surface area contributed by atoms with E-state index in [2.05, 4.69) is 10.6 Å². The number of amides is 2. The number of carbonyl (C=O) groups excluding carboxylic acids is 2. The highest BCUT2D eigenvalue weighted by molar-refractivity contribution is 6.13. The third kappa shape index (κ3) is 3.36. The molecule has 2 N–H and O–H groups in total. The number of hydrogen-bond acceptors (Lipinski definition) is 3. The van der Waals surface area contributed by atoms with Gasteiger partial charge in [-0.15, -0.1) is 0 Å². The Hall–Kier alpha value is -2.82. The summed E-state index contributed by atoms with van der Waals surface area (Å²) < 4.78 is 5.86. The van der Waals surface area contributed by atoms with E-state index in [1.165, 1.54) is 0 Å². The first-order valence-electron chi connectivity index (χ1n) is 8.62. The van der Waals surface area contributed by atoms with E-state index in [1.54, 1.807) is 12.1 Å². The van der Waals surface area contributed by atoms with Crippen molar-refractivity contribution in [3.05, 3.63) is 54.6 Å². The maximum atomic E-state index is 12.7. The van der Waals surface area contributed by atoms with Crippen molar-refractivity contribution in [1.82, 2.24) is 5.32 Å². The lowest BCUT2D eigenvalue weighted by Crippen LogP contribution is -2.40. The Morgan fingerprint density at radius 2 is 1.60 bits per heavy atom. The number of hydrogen-bond donors (Lipinski definition) is 2. The zero-order chi connectivity index (χ0) is 17.3. The lowest BCUT2D eigenvalue weighted by molar-refractivity contribution is -0.134. The van der Waals surface area contributed by atoms with Crippen LogP contribution in [-0.2, 0) is 9.59 Å². The average molecular weight is 336 g/mol. The predicted octanol–water partition coefficient (Wildman–Crippen LogP) is 3.48. The summed E-state index contributed by atoms with van der Waals surface area (Å²) in [5.74, 6) is 0.848. The van der Waals surface area contributed by atoms with Crippen LogP contribution in [0, 0.1) is 5.41 Å². The quantitative estimate of drug-likeness (QED) is 0.794. The molecular formula is C20H20N2O3. The van der Waals surface area contributed by atoms with Crippen LogP contribution < -0.4 is 15.4 Å². The lowest BCUT2D eigenvalue weighted by Gasteiger charge is -2.17. The molecule has 0 saturated heterocycles. The van der Waals surface area contributed by atoms with E-state index < -0.39 is 5.41 Å². The van der Waals surface area contributed by atoms with E-state index in [9.17, 15) is 9.59 Å². The molecule has 2 aromatic rings.